The van der Waals surface area contributed by atoms with Gasteiger partial charge in [0.05, 0.1) is 19.2 Å². The quantitative estimate of drug-likeness (QED) is 0.808. The van der Waals surface area contributed by atoms with Gasteiger partial charge in [-0.3, -0.25) is 4.79 Å². The van der Waals surface area contributed by atoms with Gasteiger partial charge in [-0.2, -0.15) is 0 Å². The molecule has 0 aromatic heterocycles. The van der Waals surface area contributed by atoms with Crippen molar-refractivity contribution in [3.63, 3.8) is 0 Å². The van der Waals surface area contributed by atoms with Crippen molar-refractivity contribution in [3.8, 4) is 0 Å². The van der Waals surface area contributed by atoms with Crippen molar-refractivity contribution >= 4 is 5.91 Å². The van der Waals surface area contributed by atoms with Crippen molar-refractivity contribution < 1.29 is 14.6 Å². The Morgan fingerprint density at radius 1 is 1.44 bits per heavy atom. The van der Waals surface area contributed by atoms with Gasteiger partial charge in [-0.1, -0.05) is 13.8 Å². The molecule has 4 nitrogen and oxygen atoms in total. The summed E-state index contributed by atoms with van der Waals surface area (Å²) in [5.41, 5.74) is -0.650. The highest BCUT2D eigenvalue weighted by Gasteiger charge is 2.46. The number of carbonyl (C=O) groups is 1. The molecule has 0 radical (unpaired) electrons. The Bertz CT molecular complexity index is 304. The number of ether oxygens (including phenoxy) is 1. The van der Waals surface area contributed by atoms with E-state index in [9.17, 15) is 9.90 Å². The average Bonchev–Trinajstić information content (AvgIpc) is 2.21. The molecule has 0 aromatic rings. The average molecular weight is 255 g/mol. The monoisotopic (exact) mass is 255 g/mol. The fourth-order valence-corrected chi connectivity index (χ4v) is 2.75. The molecule has 0 atom stereocenters. The van der Waals surface area contributed by atoms with Crippen LogP contribution in [-0.2, 0) is 9.53 Å². The van der Waals surface area contributed by atoms with Crippen molar-refractivity contribution in [3.05, 3.63) is 0 Å². The van der Waals surface area contributed by atoms with E-state index < -0.39 is 5.60 Å². The zero-order chi connectivity index (χ0) is 13.3. The fourth-order valence-electron chi connectivity index (χ4n) is 2.75. The Balaban J connectivity index is 1.66. The van der Waals surface area contributed by atoms with Crippen LogP contribution in [0.15, 0.2) is 0 Å². The van der Waals surface area contributed by atoms with Crippen LogP contribution in [0.5, 0.6) is 0 Å². The van der Waals surface area contributed by atoms with E-state index in [-0.39, 0.29) is 11.8 Å². The molecular formula is C14H25NO3. The van der Waals surface area contributed by atoms with Crippen LogP contribution in [0, 0.1) is 11.8 Å². The van der Waals surface area contributed by atoms with Crippen molar-refractivity contribution in [2.45, 2.75) is 51.7 Å². The van der Waals surface area contributed by atoms with Crippen molar-refractivity contribution in [2.24, 2.45) is 11.8 Å². The molecular weight excluding hydrogens is 230 g/mol. The Labute approximate surface area is 109 Å². The van der Waals surface area contributed by atoms with Gasteiger partial charge in [0.15, 0.2) is 0 Å². The summed E-state index contributed by atoms with van der Waals surface area (Å²) in [4.78, 5) is 13.8. The van der Waals surface area contributed by atoms with Gasteiger partial charge in [0.1, 0.15) is 5.60 Å². The fraction of sp³-hybridized carbons (Fsp3) is 0.929. The molecule has 2 rings (SSSR count). The van der Waals surface area contributed by atoms with E-state index in [4.69, 9.17) is 4.74 Å². The summed E-state index contributed by atoms with van der Waals surface area (Å²) in [5, 5.41) is 10.1. The number of amides is 1. The highest BCUT2D eigenvalue weighted by Crippen LogP contribution is 2.35. The number of hydrogen-bond donors (Lipinski definition) is 1. The first-order valence-corrected chi connectivity index (χ1v) is 7.06. The van der Waals surface area contributed by atoms with Gasteiger partial charge in [-0.25, -0.2) is 0 Å². The lowest BCUT2D eigenvalue weighted by Crippen LogP contribution is -2.66. The Hall–Kier alpha value is -0.610. The minimum atomic E-state index is -0.650. The summed E-state index contributed by atoms with van der Waals surface area (Å²) in [7, 11) is 0. The predicted molar refractivity (Wildman–Crippen MR) is 69.1 cm³/mol. The first kappa shape index (κ1) is 13.8. The molecule has 2 fully saturated rings. The van der Waals surface area contributed by atoms with Crippen LogP contribution in [0.1, 0.15) is 40.0 Å². The summed E-state index contributed by atoms with van der Waals surface area (Å²) in [5.74, 6) is 0.898. The summed E-state index contributed by atoms with van der Waals surface area (Å²) >= 11 is 0. The van der Waals surface area contributed by atoms with Gasteiger partial charge in [0.25, 0.3) is 0 Å². The van der Waals surface area contributed by atoms with Gasteiger partial charge < -0.3 is 14.7 Å². The topological polar surface area (TPSA) is 49.8 Å². The molecule has 1 aliphatic heterocycles. The van der Waals surface area contributed by atoms with Crippen LogP contribution in [0.4, 0.5) is 0 Å². The summed E-state index contributed by atoms with van der Waals surface area (Å²) in [6.07, 6.45) is 3.03. The molecule has 0 bridgehead atoms. The SMILES string of the molecule is CCOC1CC(CC(=O)N2CC(O)(C(C)C)C2)C1. The molecule has 18 heavy (non-hydrogen) atoms. The largest absolute Gasteiger partial charge is 0.386 e. The van der Waals surface area contributed by atoms with E-state index in [1.54, 1.807) is 4.90 Å². The Morgan fingerprint density at radius 3 is 2.56 bits per heavy atom. The normalized spacial score (nSPS) is 29.9. The Kier molecular flexibility index (Phi) is 3.97. The number of rotatable bonds is 5. The second-order valence-corrected chi connectivity index (χ2v) is 6.13. The molecule has 1 saturated heterocycles. The molecule has 104 valence electrons. The maximum absolute atomic E-state index is 12.0. The molecule has 1 amide bonds. The number of aliphatic hydroxyl groups is 1. The molecule has 0 aromatic carbocycles. The van der Waals surface area contributed by atoms with Gasteiger partial charge in [-0.15, -0.1) is 0 Å². The van der Waals surface area contributed by atoms with E-state index in [1.165, 1.54) is 0 Å². The lowest BCUT2D eigenvalue weighted by molar-refractivity contribution is -0.166. The number of β-amino-alcohol motifs (C(OH)–C–C–N with tert-alkyl or cyclic N) is 1. The zero-order valence-corrected chi connectivity index (χ0v) is 11.7. The standard InChI is InChI=1S/C14H25NO3/c1-4-18-12-5-11(6-12)7-13(16)15-8-14(17,9-15)10(2)3/h10-12,17H,4-9H2,1-3H3. The van der Waals surface area contributed by atoms with Crippen molar-refractivity contribution in [1.82, 2.24) is 4.90 Å². The molecule has 2 aliphatic rings. The lowest BCUT2D eigenvalue weighted by Gasteiger charge is -2.49. The van der Waals surface area contributed by atoms with Gasteiger partial charge in [-0.05, 0) is 31.6 Å². The van der Waals surface area contributed by atoms with Crippen LogP contribution in [0.25, 0.3) is 0 Å². The summed E-state index contributed by atoms with van der Waals surface area (Å²) in [6.45, 7) is 7.78. The highest BCUT2D eigenvalue weighted by atomic mass is 16.5. The van der Waals surface area contributed by atoms with Crippen molar-refractivity contribution in [2.75, 3.05) is 19.7 Å². The van der Waals surface area contributed by atoms with E-state index in [0.717, 1.165) is 19.4 Å². The van der Waals surface area contributed by atoms with Crippen LogP contribution >= 0.6 is 0 Å². The van der Waals surface area contributed by atoms with E-state index in [1.807, 2.05) is 20.8 Å². The van der Waals surface area contributed by atoms with Crippen molar-refractivity contribution in [1.29, 1.82) is 0 Å². The minimum absolute atomic E-state index is 0.195. The maximum Gasteiger partial charge on any atom is 0.223 e. The smallest absolute Gasteiger partial charge is 0.223 e. The van der Waals surface area contributed by atoms with Gasteiger partial charge in [0, 0.05) is 13.0 Å². The Morgan fingerprint density at radius 2 is 2.06 bits per heavy atom. The highest BCUT2D eigenvalue weighted by molar-refractivity contribution is 5.77. The summed E-state index contributed by atoms with van der Waals surface area (Å²) in [6, 6.07) is 0. The second kappa shape index (κ2) is 5.17. The summed E-state index contributed by atoms with van der Waals surface area (Å²) < 4.78 is 5.49. The van der Waals surface area contributed by atoms with Crippen LogP contribution in [0.2, 0.25) is 0 Å². The molecule has 1 heterocycles. The van der Waals surface area contributed by atoms with Gasteiger partial charge >= 0.3 is 0 Å². The van der Waals surface area contributed by atoms with Crippen LogP contribution in [0.3, 0.4) is 0 Å². The number of likely N-dealkylation sites (tertiary alicyclic amines) is 1. The molecule has 4 heteroatoms. The van der Waals surface area contributed by atoms with Crippen LogP contribution < -0.4 is 0 Å². The number of hydrogen-bond acceptors (Lipinski definition) is 3. The minimum Gasteiger partial charge on any atom is -0.386 e. The maximum atomic E-state index is 12.0. The predicted octanol–water partition coefficient (Wildman–Crippen LogP) is 1.42. The second-order valence-electron chi connectivity index (χ2n) is 6.13. The molecule has 0 unspecified atom stereocenters. The third-order valence-electron chi connectivity index (χ3n) is 4.41. The first-order valence-electron chi connectivity index (χ1n) is 7.06. The molecule has 1 aliphatic carbocycles. The first-order chi connectivity index (χ1) is 8.44. The molecule has 1 saturated carbocycles. The number of carbonyl (C=O) groups excluding carboxylic acids is 1. The number of nitrogens with zero attached hydrogens (tertiary/aromatic N) is 1. The van der Waals surface area contributed by atoms with Gasteiger partial charge in [0.2, 0.25) is 5.91 Å². The van der Waals surface area contributed by atoms with E-state index in [2.05, 4.69) is 0 Å². The van der Waals surface area contributed by atoms with E-state index in [0.29, 0.717) is 31.5 Å². The van der Waals surface area contributed by atoms with Crippen LogP contribution in [-0.4, -0.2) is 47.3 Å². The molecule has 1 N–H and O–H groups in total. The third kappa shape index (κ3) is 2.69. The lowest BCUT2D eigenvalue weighted by atomic mass is 9.78. The third-order valence-corrected chi connectivity index (χ3v) is 4.41. The zero-order valence-electron chi connectivity index (χ0n) is 11.7. The molecule has 0 spiro atoms. The van der Waals surface area contributed by atoms with E-state index >= 15 is 0 Å².